The third-order valence-electron chi connectivity index (χ3n) is 2.29. The molecule has 1 aromatic heterocycles. The van der Waals surface area contributed by atoms with Crippen LogP contribution in [0.15, 0.2) is 29.6 Å². The molecule has 2 rings (SSSR count). The molecule has 2 aromatic rings. The first-order valence-corrected chi connectivity index (χ1v) is 7.80. The molecule has 3 nitrogen and oxygen atoms in total. The first kappa shape index (κ1) is 16.7. The Labute approximate surface area is 128 Å². The van der Waals surface area contributed by atoms with E-state index in [0.29, 0.717) is 11.6 Å². The Morgan fingerprint density at radius 2 is 1.95 bits per heavy atom. The zero-order valence-corrected chi connectivity index (χ0v) is 13.4. The van der Waals surface area contributed by atoms with Gasteiger partial charge in [-0.15, -0.1) is 11.3 Å². The van der Waals surface area contributed by atoms with Crippen LogP contribution in [0.2, 0.25) is 5.02 Å². The van der Waals surface area contributed by atoms with E-state index in [2.05, 4.69) is 4.98 Å². The molecule has 0 saturated heterocycles. The maximum absolute atomic E-state index is 11.3. The van der Waals surface area contributed by atoms with Gasteiger partial charge in [-0.05, 0) is 19.1 Å². The molecule has 0 atom stereocenters. The summed E-state index contributed by atoms with van der Waals surface area (Å²) in [6.07, 6.45) is 0.228. The standard InChI is InChI=1S/C13H12ClNO2S.C2H6/c1-2-17-13(16)7-12-15-11(8-18-12)9-3-5-10(14)6-4-9;1-2/h3-6,8H,2,7H2,1H3;1-2H3. The van der Waals surface area contributed by atoms with Gasteiger partial charge in [0.2, 0.25) is 0 Å². The van der Waals surface area contributed by atoms with Crippen LogP contribution in [0.5, 0.6) is 0 Å². The fraction of sp³-hybridized carbons (Fsp3) is 0.333. The Kier molecular flexibility index (Phi) is 7.26. The van der Waals surface area contributed by atoms with E-state index in [1.54, 1.807) is 6.92 Å². The summed E-state index contributed by atoms with van der Waals surface area (Å²) in [5.41, 5.74) is 1.85. The molecule has 1 aromatic carbocycles. The maximum atomic E-state index is 11.3. The molecule has 20 heavy (non-hydrogen) atoms. The molecular weight excluding hydrogens is 294 g/mol. The van der Waals surface area contributed by atoms with Crippen LogP contribution in [-0.4, -0.2) is 17.6 Å². The topological polar surface area (TPSA) is 39.2 Å². The fourth-order valence-electron chi connectivity index (χ4n) is 1.48. The van der Waals surface area contributed by atoms with E-state index in [1.807, 2.05) is 43.5 Å². The van der Waals surface area contributed by atoms with Crippen molar-refractivity contribution in [3.8, 4) is 11.3 Å². The minimum Gasteiger partial charge on any atom is -0.466 e. The van der Waals surface area contributed by atoms with Crippen molar-refractivity contribution < 1.29 is 9.53 Å². The third kappa shape index (κ3) is 4.94. The molecule has 0 aliphatic rings. The summed E-state index contributed by atoms with van der Waals surface area (Å²) in [5.74, 6) is -0.241. The van der Waals surface area contributed by atoms with Gasteiger partial charge in [0, 0.05) is 16.0 Å². The Morgan fingerprint density at radius 3 is 2.55 bits per heavy atom. The molecule has 0 radical (unpaired) electrons. The number of thiazole rings is 1. The summed E-state index contributed by atoms with van der Waals surface area (Å²) >= 11 is 7.29. The van der Waals surface area contributed by atoms with Crippen molar-refractivity contribution in [3.63, 3.8) is 0 Å². The predicted molar refractivity (Wildman–Crippen MR) is 84.2 cm³/mol. The smallest absolute Gasteiger partial charge is 0.312 e. The third-order valence-corrected chi connectivity index (χ3v) is 3.39. The van der Waals surface area contributed by atoms with E-state index in [4.69, 9.17) is 16.3 Å². The van der Waals surface area contributed by atoms with Crippen LogP contribution in [0.4, 0.5) is 0 Å². The summed E-state index contributed by atoms with van der Waals surface area (Å²) < 4.78 is 4.89. The van der Waals surface area contributed by atoms with E-state index < -0.39 is 0 Å². The molecule has 0 amide bonds. The zero-order chi connectivity index (χ0) is 15.0. The molecule has 0 aliphatic carbocycles. The zero-order valence-electron chi connectivity index (χ0n) is 11.9. The first-order valence-electron chi connectivity index (χ1n) is 6.55. The lowest BCUT2D eigenvalue weighted by molar-refractivity contribution is -0.142. The van der Waals surface area contributed by atoms with Crippen molar-refractivity contribution in [2.24, 2.45) is 0 Å². The molecule has 5 heteroatoms. The number of nitrogens with zero attached hydrogens (tertiary/aromatic N) is 1. The van der Waals surface area contributed by atoms with Crippen LogP contribution >= 0.6 is 22.9 Å². The lowest BCUT2D eigenvalue weighted by atomic mass is 10.2. The van der Waals surface area contributed by atoms with Crippen LogP contribution in [0.25, 0.3) is 11.3 Å². The van der Waals surface area contributed by atoms with Gasteiger partial charge in [-0.2, -0.15) is 0 Å². The Hall–Kier alpha value is -1.39. The number of carbonyl (C=O) groups excluding carboxylic acids is 1. The van der Waals surface area contributed by atoms with Gasteiger partial charge in [0.15, 0.2) is 0 Å². The molecule has 0 fully saturated rings. The van der Waals surface area contributed by atoms with Crippen LogP contribution < -0.4 is 0 Å². The quantitative estimate of drug-likeness (QED) is 0.775. The fourth-order valence-corrected chi connectivity index (χ4v) is 2.40. The van der Waals surface area contributed by atoms with E-state index in [9.17, 15) is 4.79 Å². The monoisotopic (exact) mass is 311 g/mol. The molecule has 1 heterocycles. The van der Waals surface area contributed by atoms with Gasteiger partial charge < -0.3 is 4.74 Å². The van der Waals surface area contributed by atoms with Gasteiger partial charge in [-0.1, -0.05) is 37.6 Å². The Morgan fingerprint density at radius 1 is 1.30 bits per heavy atom. The highest BCUT2D eigenvalue weighted by Crippen LogP contribution is 2.23. The van der Waals surface area contributed by atoms with Crippen molar-refractivity contribution in [2.45, 2.75) is 27.2 Å². The number of hydrogen-bond donors (Lipinski definition) is 0. The van der Waals surface area contributed by atoms with Crippen LogP contribution in [0, 0.1) is 0 Å². The lowest BCUT2D eigenvalue weighted by Crippen LogP contribution is -2.07. The lowest BCUT2D eigenvalue weighted by Gasteiger charge is -1.98. The minimum absolute atomic E-state index is 0.228. The second-order valence-corrected chi connectivity index (χ2v) is 4.99. The van der Waals surface area contributed by atoms with E-state index >= 15 is 0 Å². The van der Waals surface area contributed by atoms with Crippen molar-refractivity contribution in [1.82, 2.24) is 4.98 Å². The van der Waals surface area contributed by atoms with Crippen molar-refractivity contribution in [3.05, 3.63) is 39.7 Å². The molecule has 0 saturated carbocycles. The minimum atomic E-state index is -0.241. The van der Waals surface area contributed by atoms with E-state index in [0.717, 1.165) is 16.3 Å². The number of benzene rings is 1. The molecule has 0 N–H and O–H groups in total. The molecule has 0 spiro atoms. The number of hydrogen-bond acceptors (Lipinski definition) is 4. The van der Waals surface area contributed by atoms with Crippen LogP contribution in [-0.2, 0) is 16.0 Å². The summed E-state index contributed by atoms with van der Waals surface area (Å²) in [5, 5.41) is 3.39. The SMILES string of the molecule is CC.CCOC(=O)Cc1nc(-c2ccc(Cl)cc2)cs1. The highest BCUT2D eigenvalue weighted by molar-refractivity contribution is 7.10. The summed E-state index contributed by atoms with van der Waals surface area (Å²) in [4.78, 5) is 15.7. The highest BCUT2D eigenvalue weighted by Gasteiger charge is 2.09. The van der Waals surface area contributed by atoms with Crippen molar-refractivity contribution in [2.75, 3.05) is 6.61 Å². The second-order valence-electron chi connectivity index (χ2n) is 3.62. The van der Waals surface area contributed by atoms with E-state index in [-0.39, 0.29) is 12.4 Å². The van der Waals surface area contributed by atoms with Gasteiger partial charge in [0.25, 0.3) is 0 Å². The highest BCUT2D eigenvalue weighted by atomic mass is 35.5. The molecule has 0 unspecified atom stereocenters. The van der Waals surface area contributed by atoms with Gasteiger partial charge in [-0.3, -0.25) is 4.79 Å². The average molecular weight is 312 g/mol. The second kappa shape index (κ2) is 8.72. The largest absolute Gasteiger partial charge is 0.466 e. The molecule has 0 aliphatic heterocycles. The number of rotatable bonds is 4. The molecule has 0 bridgehead atoms. The first-order chi connectivity index (χ1) is 9.69. The van der Waals surface area contributed by atoms with Crippen molar-refractivity contribution in [1.29, 1.82) is 0 Å². The Balaban J connectivity index is 0.000000956. The van der Waals surface area contributed by atoms with E-state index in [1.165, 1.54) is 11.3 Å². The number of aromatic nitrogens is 1. The normalized spacial score (nSPS) is 9.60. The summed E-state index contributed by atoms with van der Waals surface area (Å²) in [6.45, 7) is 6.19. The predicted octanol–water partition coefficient (Wildman–Crippen LogP) is 4.60. The molecular formula is C15H18ClNO2S. The van der Waals surface area contributed by atoms with Crippen LogP contribution in [0.1, 0.15) is 25.8 Å². The summed E-state index contributed by atoms with van der Waals surface area (Å²) in [7, 11) is 0. The van der Waals surface area contributed by atoms with Gasteiger partial charge >= 0.3 is 5.97 Å². The Bertz CT molecular complexity index is 537. The summed E-state index contributed by atoms with van der Waals surface area (Å²) in [6, 6.07) is 7.46. The average Bonchev–Trinajstić information content (AvgIpc) is 2.90. The number of carbonyl (C=O) groups is 1. The molecule has 108 valence electrons. The maximum Gasteiger partial charge on any atom is 0.312 e. The van der Waals surface area contributed by atoms with Crippen LogP contribution in [0.3, 0.4) is 0 Å². The number of ether oxygens (including phenoxy) is 1. The van der Waals surface area contributed by atoms with Gasteiger partial charge in [0.05, 0.1) is 18.7 Å². The van der Waals surface area contributed by atoms with Gasteiger partial charge in [-0.25, -0.2) is 4.98 Å². The number of esters is 1. The number of halogens is 1. The van der Waals surface area contributed by atoms with Crippen molar-refractivity contribution >= 4 is 28.9 Å². The van der Waals surface area contributed by atoms with Gasteiger partial charge in [0.1, 0.15) is 5.01 Å².